The van der Waals surface area contributed by atoms with Crippen LogP contribution in [-0.4, -0.2) is 11.7 Å². The number of aliphatic hydroxyl groups is 1. The van der Waals surface area contributed by atoms with E-state index in [1.165, 1.54) is 25.7 Å². The molecule has 0 saturated carbocycles. The summed E-state index contributed by atoms with van der Waals surface area (Å²) in [6.07, 6.45) is 6.08. The number of aliphatic hydroxyl groups excluding tert-OH is 1. The second-order valence-corrected chi connectivity index (χ2v) is 2.14. The first-order chi connectivity index (χ1) is 3.91. The van der Waals surface area contributed by atoms with Crippen molar-refractivity contribution in [3.05, 3.63) is 0 Å². The minimum Gasteiger partial charge on any atom is -0.396 e. The molecule has 0 aliphatic carbocycles. The van der Waals surface area contributed by atoms with E-state index in [9.17, 15) is 0 Å². The molecule has 0 aliphatic rings. The van der Waals surface area contributed by atoms with Crippen molar-refractivity contribution in [1.29, 1.82) is 0 Å². The van der Waals surface area contributed by atoms with E-state index in [0.717, 1.165) is 6.42 Å². The van der Waals surface area contributed by atoms with E-state index in [1.807, 2.05) is 0 Å². The van der Waals surface area contributed by atoms with E-state index in [2.05, 4.69) is 6.92 Å². The summed E-state index contributed by atoms with van der Waals surface area (Å²) in [6, 6.07) is 0. The smallest absolute Gasteiger partial charge is 0.0431 e. The molecule has 0 saturated heterocycles. The normalized spacial score (nSPS) is 8.67. The van der Waals surface area contributed by atoms with Gasteiger partial charge in [0.05, 0.1) is 0 Å². The van der Waals surface area contributed by atoms with Crippen LogP contribution in [0.1, 0.15) is 39.0 Å². The Hall–Kier alpha value is 0.830. The van der Waals surface area contributed by atoms with Gasteiger partial charge in [-0.25, -0.2) is 0 Å². The largest absolute Gasteiger partial charge is 0.396 e. The van der Waals surface area contributed by atoms with E-state index >= 15 is 0 Å². The Morgan fingerprint density at radius 1 is 1.00 bits per heavy atom. The Morgan fingerprint density at radius 2 is 1.56 bits per heavy atom. The summed E-state index contributed by atoms with van der Waals surface area (Å²) in [5.41, 5.74) is 0. The molecular weight excluding hydrogens is 279 g/mol. The van der Waals surface area contributed by atoms with Gasteiger partial charge in [0.2, 0.25) is 0 Å². The average molecular weight is 295 g/mol. The molecule has 1 nitrogen and oxygen atoms in total. The van der Waals surface area contributed by atoms with Crippen LogP contribution in [0, 0.1) is 0 Å². The van der Waals surface area contributed by atoms with Crippen LogP contribution in [0.25, 0.3) is 0 Å². The molecule has 2 heteroatoms. The third-order valence-electron chi connectivity index (χ3n) is 1.26. The molecule has 0 aromatic carbocycles. The number of unbranched alkanes of at least 4 members (excludes halogenated alkanes) is 4. The zero-order chi connectivity index (χ0) is 6.24. The fourth-order valence-electron chi connectivity index (χ4n) is 0.715. The molecular formula is C7H16HfO. The van der Waals surface area contributed by atoms with Crippen LogP contribution >= 0.6 is 0 Å². The summed E-state index contributed by atoms with van der Waals surface area (Å²) in [5.74, 6) is 0. The van der Waals surface area contributed by atoms with Crippen LogP contribution in [-0.2, 0) is 25.8 Å². The summed E-state index contributed by atoms with van der Waals surface area (Å²) in [4.78, 5) is 0. The Morgan fingerprint density at radius 3 is 2.00 bits per heavy atom. The molecule has 0 fully saturated rings. The van der Waals surface area contributed by atoms with Crippen molar-refractivity contribution in [2.24, 2.45) is 0 Å². The molecule has 54 valence electrons. The maximum atomic E-state index is 8.37. The predicted molar refractivity (Wildman–Crippen MR) is 35.8 cm³/mol. The molecule has 0 rings (SSSR count). The first-order valence-corrected chi connectivity index (χ1v) is 3.52. The van der Waals surface area contributed by atoms with Crippen LogP contribution in [0.4, 0.5) is 0 Å². The summed E-state index contributed by atoms with van der Waals surface area (Å²) in [5, 5.41) is 8.37. The van der Waals surface area contributed by atoms with Crippen molar-refractivity contribution in [2.45, 2.75) is 39.0 Å². The van der Waals surface area contributed by atoms with Crippen LogP contribution in [0.3, 0.4) is 0 Å². The molecule has 1 N–H and O–H groups in total. The monoisotopic (exact) mass is 296 g/mol. The van der Waals surface area contributed by atoms with Gasteiger partial charge in [0, 0.05) is 32.5 Å². The number of hydrogen-bond acceptors (Lipinski definition) is 1. The fraction of sp³-hybridized carbons (Fsp3) is 1.00. The van der Waals surface area contributed by atoms with Crippen molar-refractivity contribution in [2.75, 3.05) is 6.61 Å². The third-order valence-corrected chi connectivity index (χ3v) is 1.26. The van der Waals surface area contributed by atoms with Crippen molar-refractivity contribution in [1.82, 2.24) is 0 Å². The summed E-state index contributed by atoms with van der Waals surface area (Å²) < 4.78 is 0. The molecule has 0 atom stereocenters. The third kappa shape index (κ3) is 12.1. The van der Waals surface area contributed by atoms with E-state index in [0.29, 0.717) is 6.61 Å². The average Bonchev–Trinajstić information content (AvgIpc) is 1.81. The molecule has 0 radical (unpaired) electrons. The minimum absolute atomic E-state index is 0. The second-order valence-electron chi connectivity index (χ2n) is 2.14. The van der Waals surface area contributed by atoms with E-state index in [-0.39, 0.29) is 25.8 Å². The van der Waals surface area contributed by atoms with Crippen LogP contribution < -0.4 is 0 Å². The zero-order valence-electron chi connectivity index (χ0n) is 6.19. The van der Waals surface area contributed by atoms with E-state index in [4.69, 9.17) is 5.11 Å². The number of rotatable bonds is 5. The van der Waals surface area contributed by atoms with Crippen LogP contribution in [0.2, 0.25) is 0 Å². The van der Waals surface area contributed by atoms with Gasteiger partial charge in [-0.15, -0.1) is 0 Å². The second kappa shape index (κ2) is 11.6. The first-order valence-electron chi connectivity index (χ1n) is 3.52. The first kappa shape index (κ1) is 12.5. The van der Waals surface area contributed by atoms with E-state index < -0.39 is 0 Å². The minimum atomic E-state index is 0. The maximum Gasteiger partial charge on any atom is 0.0431 e. The van der Waals surface area contributed by atoms with E-state index in [1.54, 1.807) is 0 Å². The maximum absolute atomic E-state index is 8.37. The summed E-state index contributed by atoms with van der Waals surface area (Å²) >= 11 is 0. The van der Waals surface area contributed by atoms with Gasteiger partial charge in [-0.1, -0.05) is 32.6 Å². The number of hydrogen-bond donors (Lipinski definition) is 1. The van der Waals surface area contributed by atoms with Gasteiger partial charge >= 0.3 is 0 Å². The standard InChI is InChI=1S/C7H16O.Hf/c1-2-3-4-5-6-7-8;/h8H,2-7H2,1H3;. The molecule has 9 heavy (non-hydrogen) atoms. The Balaban J connectivity index is 0. The van der Waals surface area contributed by atoms with Gasteiger partial charge < -0.3 is 5.11 Å². The predicted octanol–water partition coefficient (Wildman–Crippen LogP) is 1.95. The van der Waals surface area contributed by atoms with Crippen molar-refractivity contribution < 1.29 is 30.9 Å². The summed E-state index contributed by atoms with van der Waals surface area (Å²) in [6.45, 7) is 2.56. The van der Waals surface area contributed by atoms with Gasteiger partial charge in [-0.3, -0.25) is 0 Å². The molecule has 0 unspecified atom stereocenters. The van der Waals surface area contributed by atoms with Gasteiger partial charge in [0.1, 0.15) is 0 Å². The molecule has 0 bridgehead atoms. The zero-order valence-corrected chi connectivity index (χ0v) is 9.78. The van der Waals surface area contributed by atoms with Crippen LogP contribution in [0.5, 0.6) is 0 Å². The van der Waals surface area contributed by atoms with Gasteiger partial charge in [-0.2, -0.15) is 0 Å². The molecule has 0 aliphatic heterocycles. The van der Waals surface area contributed by atoms with Gasteiger partial charge in [0.25, 0.3) is 0 Å². The Bertz CT molecular complexity index is 33.9. The molecule has 0 aromatic heterocycles. The van der Waals surface area contributed by atoms with Gasteiger partial charge in [-0.05, 0) is 6.42 Å². The Kier molecular flexibility index (Phi) is 16.1. The fourth-order valence-corrected chi connectivity index (χ4v) is 0.715. The van der Waals surface area contributed by atoms with Crippen LogP contribution in [0.15, 0.2) is 0 Å². The van der Waals surface area contributed by atoms with Crippen molar-refractivity contribution in [3.8, 4) is 0 Å². The molecule has 0 aromatic rings. The molecule has 0 heterocycles. The quantitative estimate of drug-likeness (QED) is 0.607. The Labute approximate surface area is 76.6 Å². The van der Waals surface area contributed by atoms with Gasteiger partial charge in [0.15, 0.2) is 0 Å². The topological polar surface area (TPSA) is 20.2 Å². The SMILES string of the molecule is CCCCCCCO.[Hf]. The summed E-state index contributed by atoms with van der Waals surface area (Å²) in [7, 11) is 0. The molecule has 0 amide bonds. The van der Waals surface area contributed by atoms with Crippen molar-refractivity contribution in [3.63, 3.8) is 0 Å². The molecule has 0 spiro atoms. The van der Waals surface area contributed by atoms with Crippen molar-refractivity contribution >= 4 is 0 Å².